The van der Waals surface area contributed by atoms with Crippen LogP contribution in [-0.2, 0) is 17.8 Å². The third-order valence-electron chi connectivity index (χ3n) is 4.45. The summed E-state index contributed by atoms with van der Waals surface area (Å²) in [5.74, 6) is 2.08. The van der Waals surface area contributed by atoms with E-state index in [9.17, 15) is 4.39 Å². The predicted octanol–water partition coefficient (Wildman–Crippen LogP) is 2.20. The molecule has 1 aliphatic heterocycles. The number of guanidine groups is 1. The molecule has 2 N–H and O–H groups in total. The van der Waals surface area contributed by atoms with Gasteiger partial charge in [0.1, 0.15) is 11.6 Å². The number of hydrogen-bond acceptors (Lipinski definition) is 3. The number of ether oxygens (including phenoxy) is 2. The SMILES string of the molecule is CN=C(NCCc1cc(F)cc2c1OCOC2)NCC1CCC1. The molecule has 1 aromatic carbocycles. The van der Waals surface area contributed by atoms with Crippen LogP contribution in [0.2, 0.25) is 0 Å². The van der Waals surface area contributed by atoms with Crippen LogP contribution in [0.3, 0.4) is 0 Å². The maximum atomic E-state index is 13.7. The molecule has 1 heterocycles. The lowest BCUT2D eigenvalue weighted by atomic mass is 9.85. The second-order valence-electron chi connectivity index (χ2n) is 6.09. The van der Waals surface area contributed by atoms with E-state index in [2.05, 4.69) is 15.6 Å². The molecule has 23 heavy (non-hydrogen) atoms. The number of benzene rings is 1. The van der Waals surface area contributed by atoms with Gasteiger partial charge in [-0.1, -0.05) is 6.42 Å². The highest BCUT2D eigenvalue weighted by Gasteiger charge is 2.18. The topological polar surface area (TPSA) is 54.9 Å². The summed E-state index contributed by atoms with van der Waals surface area (Å²) in [7, 11) is 1.76. The Balaban J connectivity index is 1.52. The van der Waals surface area contributed by atoms with E-state index in [1.165, 1.54) is 31.4 Å². The van der Waals surface area contributed by atoms with E-state index in [0.717, 1.165) is 35.3 Å². The van der Waals surface area contributed by atoms with Crippen molar-refractivity contribution >= 4 is 5.96 Å². The Labute approximate surface area is 136 Å². The van der Waals surface area contributed by atoms with Crippen molar-refractivity contribution in [3.05, 3.63) is 29.1 Å². The van der Waals surface area contributed by atoms with E-state index in [1.807, 2.05) is 0 Å². The van der Waals surface area contributed by atoms with Gasteiger partial charge < -0.3 is 20.1 Å². The zero-order valence-electron chi connectivity index (χ0n) is 13.5. The number of aliphatic imine (C=N–C) groups is 1. The average molecular weight is 321 g/mol. The normalized spacial score (nSPS) is 17.9. The number of fused-ring (bicyclic) bond motifs is 1. The molecule has 1 aromatic rings. The van der Waals surface area contributed by atoms with Crippen molar-refractivity contribution in [2.24, 2.45) is 10.9 Å². The molecule has 0 atom stereocenters. The Morgan fingerprint density at radius 3 is 2.96 bits per heavy atom. The third-order valence-corrected chi connectivity index (χ3v) is 4.45. The Bertz CT molecular complexity index is 573. The fourth-order valence-electron chi connectivity index (χ4n) is 2.92. The molecule has 0 radical (unpaired) electrons. The van der Waals surface area contributed by atoms with Gasteiger partial charge in [0, 0.05) is 25.7 Å². The highest BCUT2D eigenvalue weighted by Crippen LogP contribution is 2.29. The Morgan fingerprint density at radius 1 is 1.35 bits per heavy atom. The second-order valence-corrected chi connectivity index (χ2v) is 6.09. The quantitative estimate of drug-likeness (QED) is 0.645. The van der Waals surface area contributed by atoms with E-state index < -0.39 is 0 Å². The third kappa shape index (κ3) is 4.13. The summed E-state index contributed by atoms with van der Waals surface area (Å²) in [4.78, 5) is 4.22. The monoisotopic (exact) mass is 321 g/mol. The van der Waals surface area contributed by atoms with Gasteiger partial charge in [-0.3, -0.25) is 4.99 Å². The zero-order chi connectivity index (χ0) is 16.1. The van der Waals surface area contributed by atoms with Crippen molar-refractivity contribution in [2.45, 2.75) is 32.3 Å². The molecule has 5 nitrogen and oxygen atoms in total. The van der Waals surface area contributed by atoms with E-state index in [0.29, 0.717) is 19.6 Å². The van der Waals surface area contributed by atoms with Crippen LogP contribution < -0.4 is 15.4 Å². The molecule has 0 unspecified atom stereocenters. The summed E-state index contributed by atoms with van der Waals surface area (Å²) in [6.45, 7) is 2.27. The summed E-state index contributed by atoms with van der Waals surface area (Å²) < 4.78 is 24.4. The summed E-state index contributed by atoms with van der Waals surface area (Å²) in [6.07, 6.45) is 4.62. The number of halogens is 1. The molecule has 1 saturated carbocycles. The molecular weight excluding hydrogens is 297 g/mol. The molecule has 6 heteroatoms. The fraction of sp³-hybridized carbons (Fsp3) is 0.588. The lowest BCUT2D eigenvalue weighted by molar-refractivity contribution is -0.0172. The van der Waals surface area contributed by atoms with Gasteiger partial charge in [-0.25, -0.2) is 4.39 Å². The maximum absolute atomic E-state index is 13.7. The van der Waals surface area contributed by atoms with Crippen LogP contribution in [0.1, 0.15) is 30.4 Å². The van der Waals surface area contributed by atoms with Crippen LogP contribution in [0, 0.1) is 11.7 Å². The minimum atomic E-state index is -0.250. The number of rotatable bonds is 5. The van der Waals surface area contributed by atoms with Crippen molar-refractivity contribution in [3.63, 3.8) is 0 Å². The molecule has 2 aliphatic rings. The van der Waals surface area contributed by atoms with Crippen molar-refractivity contribution in [3.8, 4) is 5.75 Å². The zero-order valence-corrected chi connectivity index (χ0v) is 13.5. The predicted molar refractivity (Wildman–Crippen MR) is 87.1 cm³/mol. The fourth-order valence-corrected chi connectivity index (χ4v) is 2.92. The first-order valence-corrected chi connectivity index (χ1v) is 8.22. The lowest BCUT2D eigenvalue weighted by Crippen LogP contribution is -2.41. The second kappa shape index (κ2) is 7.64. The number of hydrogen-bond donors (Lipinski definition) is 2. The lowest BCUT2D eigenvalue weighted by Gasteiger charge is -2.26. The standard InChI is InChI=1S/C17H24FN3O2/c1-19-17(21-9-12-3-2-4-12)20-6-5-13-7-15(18)8-14-10-22-11-23-16(13)14/h7-8,12H,2-6,9-11H2,1H3,(H2,19,20,21). The molecule has 0 spiro atoms. The molecule has 3 rings (SSSR count). The minimum Gasteiger partial charge on any atom is -0.467 e. The van der Waals surface area contributed by atoms with Crippen LogP contribution in [0.5, 0.6) is 5.75 Å². The van der Waals surface area contributed by atoms with Crippen LogP contribution in [0.15, 0.2) is 17.1 Å². The van der Waals surface area contributed by atoms with Gasteiger partial charge in [-0.15, -0.1) is 0 Å². The van der Waals surface area contributed by atoms with Gasteiger partial charge in [0.05, 0.1) is 6.61 Å². The summed E-state index contributed by atoms with van der Waals surface area (Å²) in [6, 6.07) is 3.01. The van der Waals surface area contributed by atoms with Gasteiger partial charge in [-0.05, 0) is 42.9 Å². The first-order valence-electron chi connectivity index (χ1n) is 8.22. The first-order chi connectivity index (χ1) is 11.3. The molecule has 0 aromatic heterocycles. The Kier molecular flexibility index (Phi) is 5.33. The van der Waals surface area contributed by atoms with Crippen LogP contribution in [-0.4, -0.2) is 32.9 Å². The largest absolute Gasteiger partial charge is 0.467 e. The number of nitrogens with one attached hydrogen (secondary N) is 2. The van der Waals surface area contributed by atoms with Crippen LogP contribution >= 0.6 is 0 Å². The maximum Gasteiger partial charge on any atom is 0.190 e. The van der Waals surface area contributed by atoms with Crippen molar-refractivity contribution < 1.29 is 13.9 Å². The van der Waals surface area contributed by atoms with E-state index in [4.69, 9.17) is 9.47 Å². The molecule has 0 bridgehead atoms. The van der Waals surface area contributed by atoms with E-state index in [1.54, 1.807) is 7.05 Å². The minimum absolute atomic E-state index is 0.226. The smallest absolute Gasteiger partial charge is 0.190 e. The summed E-state index contributed by atoms with van der Waals surface area (Å²) in [5.41, 5.74) is 1.64. The molecule has 0 amide bonds. The van der Waals surface area contributed by atoms with Gasteiger partial charge >= 0.3 is 0 Å². The molecule has 0 saturated heterocycles. The molecular formula is C17H24FN3O2. The Hall–Kier alpha value is -1.82. The van der Waals surface area contributed by atoms with E-state index in [-0.39, 0.29) is 12.6 Å². The number of nitrogens with zero attached hydrogens (tertiary/aromatic N) is 1. The summed E-state index contributed by atoms with van der Waals surface area (Å²) in [5, 5.41) is 6.62. The highest BCUT2D eigenvalue weighted by molar-refractivity contribution is 5.79. The van der Waals surface area contributed by atoms with Crippen molar-refractivity contribution in [1.29, 1.82) is 0 Å². The van der Waals surface area contributed by atoms with Crippen molar-refractivity contribution in [1.82, 2.24) is 10.6 Å². The van der Waals surface area contributed by atoms with E-state index >= 15 is 0 Å². The van der Waals surface area contributed by atoms with Gasteiger partial charge in [0.15, 0.2) is 12.8 Å². The Morgan fingerprint density at radius 2 is 2.22 bits per heavy atom. The first kappa shape index (κ1) is 16.1. The van der Waals surface area contributed by atoms with Crippen LogP contribution in [0.4, 0.5) is 4.39 Å². The molecule has 126 valence electrons. The van der Waals surface area contributed by atoms with Gasteiger partial charge in [-0.2, -0.15) is 0 Å². The van der Waals surface area contributed by atoms with Gasteiger partial charge in [0.2, 0.25) is 0 Å². The van der Waals surface area contributed by atoms with Gasteiger partial charge in [0.25, 0.3) is 0 Å². The van der Waals surface area contributed by atoms with Crippen LogP contribution in [0.25, 0.3) is 0 Å². The summed E-state index contributed by atoms with van der Waals surface area (Å²) >= 11 is 0. The highest BCUT2D eigenvalue weighted by atomic mass is 19.1. The van der Waals surface area contributed by atoms with Crippen molar-refractivity contribution in [2.75, 3.05) is 26.9 Å². The molecule has 1 aliphatic carbocycles. The average Bonchev–Trinajstić information content (AvgIpc) is 2.51. The molecule has 1 fully saturated rings.